The van der Waals surface area contributed by atoms with Gasteiger partial charge in [-0.2, -0.15) is 0 Å². The number of imidazole rings is 2. The summed E-state index contributed by atoms with van der Waals surface area (Å²) in [6.45, 7) is -1.71. The maximum Gasteiger partial charge on any atom is 0.472 e. The number of aromatic nitrogens is 8. The molecule has 2 unspecified atom stereocenters. The summed E-state index contributed by atoms with van der Waals surface area (Å²) in [4.78, 5) is 47.4. The van der Waals surface area contributed by atoms with E-state index in [1.807, 2.05) is 0 Å². The highest BCUT2D eigenvalue weighted by molar-refractivity contribution is 7.47. The predicted octanol–water partition coefficient (Wildman–Crippen LogP) is -2.15. The van der Waals surface area contributed by atoms with Crippen LogP contribution in [0.5, 0.6) is 0 Å². The predicted molar refractivity (Wildman–Crippen MR) is 148 cm³/mol. The second-order valence-corrected chi connectivity index (χ2v) is 12.7. The lowest BCUT2D eigenvalue weighted by molar-refractivity contribution is -0.446. The number of ether oxygens (including phenoxy) is 2. The fraction of sp³-hybridized carbons (Fsp3) is 0.500. The Labute approximate surface area is 257 Å². The van der Waals surface area contributed by atoms with E-state index in [4.69, 9.17) is 39.0 Å². The number of aliphatic hydroxyl groups is 1. The van der Waals surface area contributed by atoms with Gasteiger partial charge in [0.05, 0.1) is 32.0 Å². The van der Waals surface area contributed by atoms with Crippen LogP contribution in [-0.4, -0.2) is 98.9 Å². The first-order valence-electron chi connectivity index (χ1n) is 12.7. The highest BCUT2D eigenvalue weighted by Gasteiger charge is 2.51. The molecule has 0 saturated carbocycles. The third-order valence-electron chi connectivity index (χ3n) is 7.22. The summed E-state index contributed by atoms with van der Waals surface area (Å²) >= 11 is 0. The molecular formula is C20H30N12O12P2. The zero-order valence-electron chi connectivity index (χ0n) is 23.9. The van der Waals surface area contributed by atoms with Crippen LogP contribution in [-0.2, 0) is 36.7 Å². The molecule has 3 saturated heterocycles. The molecule has 7 heterocycles. The molecule has 14 N–H and O–H groups in total. The number of nitrogens with zero attached hydrogens (tertiary/aromatic N) is 8. The number of phosphoric ester groups is 2. The molecule has 7 rings (SSSR count). The summed E-state index contributed by atoms with van der Waals surface area (Å²) in [5.41, 5.74) is 12.2. The van der Waals surface area contributed by atoms with E-state index in [0.717, 1.165) is 12.7 Å². The highest BCUT2D eigenvalue weighted by atomic mass is 31.2. The number of rotatable bonds is 2. The van der Waals surface area contributed by atoms with Crippen molar-refractivity contribution in [2.45, 2.75) is 49.1 Å². The van der Waals surface area contributed by atoms with Crippen LogP contribution >= 0.6 is 15.6 Å². The molecule has 0 spiro atoms. The summed E-state index contributed by atoms with van der Waals surface area (Å²) in [5, 5.41) is 24.5. The molecule has 3 aliphatic heterocycles. The van der Waals surface area contributed by atoms with Gasteiger partial charge in [-0.1, -0.05) is 0 Å². The summed E-state index contributed by atoms with van der Waals surface area (Å²) in [6.07, 6.45) is -8.28. The van der Waals surface area contributed by atoms with Gasteiger partial charge in [0.25, 0.3) is 7.82 Å². The van der Waals surface area contributed by atoms with Crippen molar-refractivity contribution in [3.05, 3.63) is 25.3 Å². The topological polar surface area (TPSA) is 388 Å². The largest absolute Gasteiger partial charge is 0.847 e. The van der Waals surface area contributed by atoms with Crippen molar-refractivity contribution in [2.75, 3.05) is 24.7 Å². The van der Waals surface area contributed by atoms with Gasteiger partial charge >= 0.3 is 7.82 Å². The Hall–Kier alpha value is -3.32. The number of fused-ring (bicyclic) bond motifs is 4. The van der Waals surface area contributed by atoms with Gasteiger partial charge in [-0.3, -0.25) is 22.7 Å². The molecule has 0 amide bonds. The second-order valence-electron chi connectivity index (χ2n) is 9.90. The van der Waals surface area contributed by atoms with Crippen molar-refractivity contribution in [1.82, 2.24) is 51.3 Å². The molecule has 26 heteroatoms. The Morgan fingerprint density at radius 1 is 0.804 bits per heavy atom. The SMILES string of the molecule is Nc1ncnc2c1ncn2[C@@H]1O[C@@H]2COP(=O)(O)O[C@H]3[C@@H](O)[C@H](n4cnc5c(N)ncnc54)O[C@@H]3COP(=O)([O-])O[C@H]2[C@H]1[O-].[NH4+].[NH4+]. The Kier molecular flexibility index (Phi) is 9.15. The van der Waals surface area contributed by atoms with Crippen LogP contribution in [0.3, 0.4) is 0 Å². The third kappa shape index (κ3) is 5.85. The van der Waals surface area contributed by atoms with Gasteiger partial charge in [-0.05, 0) is 6.10 Å². The third-order valence-corrected chi connectivity index (χ3v) is 9.17. The Morgan fingerprint density at radius 3 is 1.93 bits per heavy atom. The minimum atomic E-state index is -5.29. The van der Waals surface area contributed by atoms with E-state index in [0.29, 0.717) is 0 Å². The molecule has 46 heavy (non-hydrogen) atoms. The first-order valence-corrected chi connectivity index (χ1v) is 15.7. The fourth-order valence-electron chi connectivity index (χ4n) is 5.22. The number of nitrogens with two attached hydrogens (primary N) is 2. The quantitative estimate of drug-likeness (QED) is 0.122. The van der Waals surface area contributed by atoms with Gasteiger partial charge in [0, 0.05) is 0 Å². The van der Waals surface area contributed by atoms with E-state index in [-0.39, 0.29) is 46.3 Å². The highest BCUT2D eigenvalue weighted by Crippen LogP contribution is 2.52. The van der Waals surface area contributed by atoms with Crippen molar-refractivity contribution in [3.63, 3.8) is 0 Å². The van der Waals surface area contributed by atoms with Crippen LogP contribution in [0, 0.1) is 0 Å². The standard InChI is InChI=1S/C20H23N10O12P2.2H3N/c21-15-9-17(25-3-23-15)29(5-27-9)19-11(31)13-7(39-19)1-37-43(33,34)42-14-8(2-38-44(35,36)41-13)40-20(12(14)32)30-6-28-10-16(22)24-4-26-18(10)30;;/h3-8,11-14,19-20,31H,1-2H2,(H,33,34)(H,35,36)(H2,21,23,25)(H2,22,24,26);2*1H3/q-1;;/p+1/t7-,8-,11-,12-,13-,14-,19-,20-;;/m1../s1. The Balaban J connectivity index is 0.00000208. The van der Waals surface area contributed by atoms with Gasteiger partial charge in [0.2, 0.25) is 0 Å². The summed E-state index contributed by atoms with van der Waals surface area (Å²) in [7, 11) is -10.3. The monoisotopic (exact) mass is 692 g/mol. The van der Waals surface area contributed by atoms with E-state index in [2.05, 4.69) is 29.9 Å². The summed E-state index contributed by atoms with van der Waals surface area (Å²) < 4.78 is 60.4. The van der Waals surface area contributed by atoms with Crippen molar-refractivity contribution < 1.29 is 56.7 Å². The number of anilines is 2. The number of hydrogen-bond acceptors (Lipinski definition) is 19. The van der Waals surface area contributed by atoms with Gasteiger partial charge in [0.1, 0.15) is 54.3 Å². The van der Waals surface area contributed by atoms with Crippen molar-refractivity contribution in [3.8, 4) is 0 Å². The average molecular weight is 692 g/mol. The van der Waals surface area contributed by atoms with Crippen LogP contribution < -0.4 is 33.8 Å². The van der Waals surface area contributed by atoms with Crippen molar-refractivity contribution in [1.29, 1.82) is 0 Å². The van der Waals surface area contributed by atoms with Crippen molar-refractivity contribution >= 4 is 49.6 Å². The molecule has 4 aromatic rings. The van der Waals surface area contributed by atoms with Gasteiger partial charge in [-0.25, -0.2) is 34.5 Å². The zero-order valence-corrected chi connectivity index (χ0v) is 25.7. The molecule has 0 bridgehead atoms. The van der Waals surface area contributed by atoms with Gasteiger partial charge in [0.15, 0.2) is 29.2 Å². The van der Waals surface area contributed by atoms with E-state index < -0.39 is 77.9 Å². The molecule has 4 aromatic heterocycles. The van der Waals surface area contributed by atoms with E-state index in [1.165, 1.54) is 21.8 Å². The number of hydrogen-bond donors (Lipinski definition) is 6. The minimum Gasteiger partial charge on any atom is -0.847 e. The van der Waals surface area contributed by atoms with Crippen LogP contribution in [0.15, 0.2) is 25.3 Å². The molecule has 10 atom stereocenters. The minimum absolute atomic E-state index is 0. The van der Waals surface area contributed by atoms with Crippen LogP contribution in [0.2, 0.25) is 0 Å². The fourth-order valence-corrected chi connectivity index (χ4v) is 7.12. The molecule has 0 aromatic carbocycles. The molecule has 3 aliphatic rings. The maximum absolute atomic E-state index is 13.5. The lowest BCUT2D eigenvalue weighted by Gasteiger charge is -2.35. The first-order chi connectivity index (χ1) is 20.9. The van der Waals surface area contributed by atoms with Crippen LogP contribution in [0.25, 0.3) is 22.3 Å². The zero-order chi connectivity index (χ0) is 31.0. The Morgan fingerprint density at radius 2 is 1.33 bits per heavy atom. The van der Waals surface area contributed by atoms with Crippen LogP contribution in [0.4, 0.5) is 11.6 Å². The van der Waals surface area contributed by atoms with E-state index in [9.17, 15) is 29.1 Å². The van der Waals surface area contributed by atoms with E-state index in [1.54, 1.807) is 0 Å². The first kappa shape index (κ1) is 34.0. The van der Waals surface area contributed by atoms with E-state index >= 15 is 0 Å². The molecular weight excluding hydrogens is 662 g/mol. The number of nitrogen functional groups attached to an aromatic ring is 2. The maximum atomic E-state index is 13.5. The smallest absolute Gasteiger partial charge is 0.472 e. The molecule has 3 fully saturated rings. The average Bonchev–Trinajstić information content (AvgIpc) is 3.73. The normalized spacial score (nSPS) is 36.6. The lowest BCUT2D eigenvalue weighted by atomic mass is 10.1. The molecule has 0 aliphatic carbocycles. The molecule has 252 valence electrons. The molecule has 0 radical (unpaired) electrons. The number of aliphatic hydroxyl groups excluding tert-OH is 1. The summed E-state index contributed by atoms with van der Waals surface area (Å²) in [5.74, 6) is 0.0576. The Bertz CT molecular complexity index is 1700. The van der Waals surface area contributed by atoms with Crippen molar-refractivity contribution in [2.24, 2.45) is 0 Å². The van der Waals surface area contributed by atoms with Crippen LogP contribution in [0.1, 0.15) is 12.5 Å². The van der Waals surface area contributed by atoms with Gasteiger partial charge < -0.3 is 62.3 Å². The second kappa shape index (κ2) is 12.4. The lowest BCUT2D eigenvalue weighted by Crippen LogP contribution is -2.45. The number of quaternary nitrogens is 2. The summed E-state index contributed by atoms with van der Waals surface area (Å²) in [6, 6.07) is 0. The van der Waals surface area contributed by atoms with Gasteiger partial charge in [-0.15, -0.1) is 0 Å². The number of phosphoric acid groups is 2. The molecule has 24 nitrogen and oxygen atoms in total.